The fourth-order valence-electron chi connectivity index (χ4n) is 6.42. The number of rotatable bonds is 6. The largest absolute Gasteiger partial charge is 0.454 e. The molecule has 0 aliphatic carbocycles. The van der Waals surface area contributed by atoms with Crippen molar-refractivity contribution in [1.29, 1.82) is 0 Å². The van der Waals surface area contributed by atoms with Crippen LogP contribution in [0.4, 0.5) is 17.1 Å². The Morgan fingerprint density at radius 2 is 0.936 bits per heavy atom. The standard InChI is InChI=1S/C43H28N2O2/c1-4-12-29(13-5-1)30-20-22-31(23-21-30)32-24-26-35(27-25-32)45(34-16-8-3-9-17-34)37-28-39-41(44-43(47-39)33-14-6-2-7-15-33)40-36-18-10-11-19-38(36)46-42(37)40/h1-28H. The van der Waals surface area contributed by atoms with Crippen LogP contribution in [0.1, 0.15) is 0 Å². The molecule has 0 aliphatic heterocycles. The number of hydrogen-bond acceptors (Lipinski definition) is 4. The highest BCUT2D eigenvalue weighted by molar-refractivity contribution is 6.21. The van der Waals surface area contributed by atoms with Crippen LogP contribution in [0.25, 0.3) is 66.7 Å². The van der Waals surface area contributed by atoms with Crippen LogP contribution >= 0.6 is 0 Å². The molecule has 0 saturated heterocycles. The normalized spacial score (nSPS) is 11.4. The highest BCUT2D eigenvalue weighted by Crippen LogP contribution is 2.46. The summed E-state index contributed by atoms with van der Waals surface area (Å²) in [5.74, 6) is 0.582. The maximum absolute atomic E-state index is 6.65. The van der Waals surface area contributed by atoms with Crippen LogP contribution in [-0.4, -0.2) is 4.98 Å². The SMILES string of the molecule is c1ccc(-c2ccc(-c3ccc(N(c4ccccc4)c4cc5oc(-c6ccccc6)nc5c5c4oc4ccccc45)cc3)cc2)cc1. The summed E-state index contributed by atoms with van der Waals surface area (Å²) in [5.41, 5.74) is 11.6. The Balaban J connectivity index is 1.20. The van der Waals surface area contributed by atoms with E-state index in [1.165, 1.54) is 16.7 Å². The molecule has 0 saturated carbocycles. The number of nitrogens with zero attached hydrogens (tertiary/aromatic N) is 2. The van der Waals surface area contributed by atoms with E-state index in [9.17, 15) is 0 Å². The Hall–Kier alpha value is -6.39. The minimum Gasteiger partial charge on any atom is -0.454 e. The van der Waals surface area contributed by atoms with Crippen LogP contribution in [0.2, 0.25) is 0 Å². The van der Waals surface area contributed by atoms with Crippen molar-refractivity contribution >= 4 is 50.1 Å². The zero-order valence-corrected chi connectivity index (χ0v) is 25.4. The van der Waals surface area contributed by atoms with E-state index in [4.69, 9.17) is 13.8 Å². The van der Waals surface area contributed by atoms with Gasteiger partial charge < -0.3 is 13.7 Å². The van der Waals surface area contributed by atoms with Crippen LogP contribution in [0.3, 0.4) is 0 Å². The Kier molecular flexibility index (Phi) is 6.43. The van der Waals surface area contributed by atoms with Gasteiger partial charge in [0.2, 0.25) is 5.89 Å². The van der Waals surface area contributed by atoms with Gasteiger partial charge in [-0.2, -0.15) is 0 Å². The second-order valence-corrected chi connectivity index (χ2v) is 11.6. The zero-order valence-electron chi connectivity index (χ0n) is 25.4. The van der Waals surface area contributed by atoms with Gasteiger partial charge in [-0.15, -0.1) is 0 Å². The van der Waals surface area contributed by atoms with Crippen LogP contribution < -0.4 is 4.90 Å². The Labute approximate surface area is 271 Å². The van der Waals surface area contributed by atoms with E-state index in [-0.39, 0.29) is 0 Å². The lowest BCUT2D eigenvalue weighted by Gasteiger charge is -2.25. The van der Waals surface area contributed by atoms with Gasteiger partial charge in [-0.05, 0) is 64.7 Å². The van der Waals surface area contributed by atoms with E-state index in [2.05, 4.69) is 114 Å². The zero-order chi connectivity index (χ0) is 31.2. The molecule has 222 valence electrons. The number of fused-ring (bicyclic) bond motifs is 5. The molecule has 7 aromatic carbocycles. The van der Waals surface area contributed by atoms with E-state index < -0.39 is 0 Å². The molecule has 0 fully saturated rings. The third kappa shape index (κ3) is 4.75. The number of hydrogen-bond donors (Lipinski definition) is 0. The number of oxazole rings is 1. The van der Waals surface area contributed by atoms with Crippen LogP contribution in [-0.2, 0) is 0 Å². The van der Waals surface area contributed by atoms with Crippen molar-refractivity contribution in [1.82, 2.24) is 4.98 Å². The number of benzene rings is 7. The smallest absolute Gasteiger partial charge is 0.227 e. The first-order valence-electron chi connectivity index (χ1n) is 15.7. The van der Waals surface area contributed by atoms with E-state index >= 15 is 0 Å². The van der Waals surface area contributed by atoms with E-state index in [1.807, 2.05) is 60.7 Å². The van der Waals surface area contributed by atoms with Gasteiger partial charge in [-0.25, -0.2) is 4.98 Å². The van der Waals surface area contributed by atoms with Gasteiger partial charge >= 0.3 is 0 Å². The van der Waals surface area contributed by atoms with Crippen LogP contribution in [0.5, 0.6) is 0 Å². The molecule has 4 heteroatoms. The summed E-state index contributed by atoms with van der Waals surface area (Å²) in [6.07, 6.45) is 0. The van der Waals surface area contributed by atoms with Crippen molar-refractivity contribution in [2.75, 3.05) is 4.90 Å². The summed E-state index contributed by atoms with van der Waals surface area (Å²) in [7, 11) is 0. The molecule has 0 unspecified atom stereocenters. The maximum atomic E-state index is 6.65. The average molecular weight is 605 g/mol. The average Bonchev–Trinajstić information content (AvgIpc) is 3.76. The lowest BCUT2D eigenvalue weighted by atomic mass is 10.00. The van der Waals surface area contributed by atoms with Crippen molar-refractivity contribution in [3.05, 3.63) is 170 Å². The fraction of sp³-hybridized carbons (Fsp3) is 0. The second kappa shape index (κ2) is 11.2. The summed E-state index contributed by atoms with van der Waals surface area (Å²) >= 11 is 0. The van der Waals surface area contributed by atoms with Gasteiger partial charge in [0.05, 0.1) is 11.1 Å². The van der Waals surface area contributed by atoms with Gasteiger partial charge in [0, 0.05) is 28.4 Å². The van der Waals surface area contributed by atoms with Crippen molar-refractivity contribution in [2.24, 2.45) is 0 Å². The molecule has 0 N–H and O–H groups in total. The van der Waals surface area contributed by atoms with Crippen LogP contribution in [0.15, 0.2) is 179 Å². The molecule has 0 amide bonds. The molecule has 0 bridgehead atoms. The lowest BCUT2D eigenvalue weighted by Crippen LogP contribution is -2.10. The number of furan rings is 1. The Morgan fingerprint density at radius 3 is 1.60 bits per heavy atom. The molecule has 9 aromatic rings. The number of para-hydroxylation sites is 2. The summed E-state index contributed by atoms with van der Waals surface area (Å²) in [5, 5.41) is 1.94. The predicted molar refractivity (Wildman–Crippen MR) is 192 cm³/mol. The molecule has 0 radical (unpaired) electrons. The van der Waals surface area contributed by atoms with E-state index in [0.29, 0.717) is 11.5 Å². The third-order valence-electron chi connectivity index (χ3n) is 8.71. The Bertz CT molecular complexity index is 2480. The minimum absolute atomic E-state index is 0.582. The molecule has 9 rings (SSSR count). The minimum atomic E-state index is 0.582. The number of aromatic nitrogens is 1. The van der Waals surface area contributed by atoms with E-state index in [1.54, 1.807) is 0 Å². The summed E-state index contributed by atoms with van der Waals surface area (Å²) < 4.78 is 13.1. The Morgan fingerprint density at radius 1 is 0.426 bits per heavy atom. The molecule has 2 aromatic heterocycles. The van der Waals surface area contributed by atoms with Gasteiger partial charge in [0.25, 0.3) is 0 Å². The highest BCUT2D eigenvalue weighted by atomic mass is 16.4. The maximum Gasteiger partial charge on any atom is 0.227 e. The van der Waals surface area contributed by atoms with Gasteiger partial charge in [0.15, 0.2) is 11.2 Å². The van der Waals surface area contributed by atoms with Crippen molar-refractivity contribution in [3.63, 3.8) is 0 Å². The van der Waals surface area contributed by atoms with Gasteiger partial charge in [-0.3, -0.25) is 0 Å². The molecular formula is C43H28N2O2. The lowest BCUT2D eigenvalue weighted by molar-refractivity contribution is 0.619. The monoisotopic (exact) mass is 604 g/mol. The second-order valence-electron chi connectivity index (χ2n) is 11.6. The first-order chi connectivity index (χ1) is 23.3. The van der Waals surface area contributed by atoms with Crippen molar-refractivity contribution in [2.45, 2.75) is 0 Å². The van der Waals surface area contributed by atoms with Gasteiger partial charge in [0.1, 0.15) is 11.1 Å². The summed E-state index contributed by atoms with van der Waals surface area (Å²) in [6, 6.07) is 58.5. The molecule has 0 aliphatic rings. The van der Waals surface area contributed by atoms with Crippen molar-refractivity contribution in [3.8, 4) is 33.7 Å². The topological polar surface area (TPSA) is 42.4 Å². The molecule has 0 spiro atoms. The van der Waals surface area contributed by atoms with Crippen LogP contribution in [0, 0.1) is 0 Å². The van der Waals surface area contributed by atoms with Crippen molar-refractivity contribution < 1.29 is 8.83 Å². The third-order valence-corrected chi connectivity index (χ3v) is 8.71. The molecular weight excluding hydrogens is 576 g/mol. The predicted octanol–water partition coefficient (Wildman–Crippen LogP) is 12.2. The molecule has 2 heterocycles. The molecule has 4 nitrogen and oxygen atoms in total. The first kappa shape index (κ1) is 27.0. The highest BCUT2D eigenvalue weighted by Gasteiger charge is 2.24. The summed E-state index contributed by atoms with van der Waals surface area (Å²) in [6.45, 7) is 0. The molecule has 0 atom stereocenters. The van der Waals surface area contributed by atoms with E-state index in [0.717, 1.165) is 55.6 Å². The van der Waals surface area contributed by atoms with Gasteiger partial charge in [-0.1, -0.05) is 121 Å². The fourth-order valence-corrected chi connectivity index (χ4v) is 6.42. The summed E-state index contributed by atoms with van der Waals surface area (Å²) in [4.78, 5) is 7.24. The number of anilines is 3. The quantitative estimate of drug-likeness (QED) is 0.189. The first-order valence-corrected chi connectivity index (χ1v) is 15.7. The molecule has 47 heavy (non-hydrogen) atoms.